The number of carbonyl (C=O) groups is 2. The van der Waals surface area contributed by atoms with Crippen LogP contribution in [0.2, 0.25) is 0 Å². The van der Waals surface area contributed by atoms with Crippen molar-refractivity contribution in [3.05, 3.63) is 110 Å². The van der Waals surface area contributed by atoms with Gasteiger partial charge in [-0.1, -0.05) is 46.3 Å². The van der Waals surface area contributed by atoms with Crippen molar-refractivity contribution in [3.8, 4) is 5.75 Å². The van der Waals surface area contributed by atoms with Gasteiger partial charge in [-0.05, 0) is 42.0 Å². The molecule has 0 saturated carbocycles. The molecule has 172 valence electrons. The quantitative estimate of drug-likeness (QED) is 0.198. The summed E-state index contributed by atoms with van der Waals surface area (Å²) in [5.74, 6) is -0.697. The van der Waals surface area contributed by atoms with E-state index in [1.54, 1.807) is 54.6 Å². The van der Waals surface area contributed by atoms with E-state index in [0.717, 1.165) is 4.47 Å². The van der Waals surface area contributed by atoms with Crippen molar-refractivity contribution in [1.29, 1.82) is 0 Å². The topological polar surface area (TPSA) is 123 Å². The summed E-state index contributed by atoms with van der Waals surface area (Å²) < 4.78 is 6.06. The summed E-state index contributed by atoms with van der Waals surface area (Å²) in [6.45, 7) is 0. The summed E-state index contributed by atoms with van der Waals surface area (Å²) in [6.07, 6.45) is 2.73. The van der Waals surface area contributed by atoms with E-state index in [4.69, 9.17) is 4.74 Å². The molecule has 2 N–H and O–H groups in total. The number of halogens is 1. The molecule has 0 atom stereocenters. The molecule has 2 amide bonds. The van der Waals surface area contributed by atoms with Gasteiger partial charge in [-0.25, -0.2) is 5.43 Å². The number of methoxy groups -OCH3 is 1. The van der Waals surface area contributed by atoms with Gasteiger partial charge in [0.05, 0.1) is 18.2 Å². The number of nitrogens with zero attached hydrogens (tertiary/aromatic N) is 2. The second-order valence-electron chi connectivity index (χ2n) is 6.82. The fraction of sp³-hybridized carbons (Fsp3) is 0.0417. The molecule has 3 aromatic rings. The Hall–Kier alpha value is -4.31. The highest BCUT2D eigenvalue weighted by atomic mass is 79.9. The number of hydrazone groups is 1. The summed E-state index contributed by atoms with van der Waals surface area (Å²) >= 11 is 3.36. The fourth-order valence-corrected chi connectivity index (χ4v) is 3.24. The lowest BCUT2D eigenvalue weighted by molar-refractivity contribution is -0.384. The van der Waals surface area contributed by atoms with Gasteiger partial charge in [0.2, 0.25) is 0 Å². The minimum atomic E-state index is -0.721. The number of hydrogen-bond acceptors (Lipinski definition) is 6. The molecular formula is C24H19BrN4O5. The van der Waals surface area contributed by atoms with E-state index in [2.05, 4.69) is 31.8 Å². The molecule has 0 aromatic heterocycles. The maximum atomic E-state index is 12.9. The predicted octanol–water partition coefficient (Wildman–Crippen LogP) is 4.29. The number of rotatable bonds is 8. The van der Waals surface area contributed by atoms with Gasteiger partial charge in [0, 0.05) is 27.7 Å². The van der Waals surface area contributed by atoms with Crippen molar-refractivity contribution in [1.82, 2.24) is 10.7 Å². The van der Waals surface area contributed by atoms with E-state index in [1.807, 2.05) is 0 Å². The third kappa shape index (κ3) is 6.59. The maximum Gasteiger partial charge on any atom is 0.287 e. The number of carbonyl (C=O) groups excluding carboxylic acids is 2. The van der Waals surface area contributed by atoms with Crippen LogP contribution in [0.1, 0.15) is 21.5 Å². The Morgan fingerprint density at radius 1 is 1.06 bits per heavy atom. The molecule has 9 nitrogen and oxygen atoms in total. The largest absolute Gasteiger partial charge is 0.496 e. The summed E-state index contributed by atoms with van der Waals surface area (Å²) in [5.41, 5.74) is 3.36. The summed E-state index contributed by atoms with van der Waals surface area (Å²) in [6, 6.07) is 19.3. The smallest absolute Gasteiger partial charge is 0.287 e. The molecular weight excluding hydrogens is 504 g/mol. The van der Waals surface area contributed by atoms with Crippen LogP contribution in [0, 0.1) is 10.1 Å². The fourth-order valence-electron chi connectivity index (χ4n) is 2.86. The first-order chi connectivity index (χ1) is 16.4. The van der Waals surface area contributed by atoms with Crippen LogP contribution >= 0.6 is 15.9 Å². The standard InChI is InChI=1S/C24H19BrN4O5/c1-34-22-11-10-19(25)14-18(22)15-26-28-24(31)21(27-23(30)17-7-3-2-4-8-17)13-16-6-5-9-20(12-16)29(32)33/h2-15H,1H3,(H,27,30)(H,28,31)/b21-13-,26-15+. The Bertz CT molecular complexity index is 1280. The van der Waals surface area contributed by atoms with E-state index < -0.39 is 16.7 Å². The SMILES string of the molecule is COc1ccc(Br)cc1/C=N/NC(=O)/C(=C/c1cccc([N+](=O)[O-])c1)NC(=O)c1ccccc1. The van der Waals surface area contributed by atoms with Crippen LogP contribution < -0.4 is 15.5 Å². The normalized spacial score (nSPS) is 11.2. The molecule has 0 saturated heterocycles. The number of benzene rings is 3. The first-order valence-corrected chi connectivity index (χ1v) is 10.7. The van der Waals surface area contributed by atoms with E-state index in [-0.39, 0.29) is 11.4 Å². The third-order valence-electron chi connectivity index (χ3n) is 4.48. The average Bonchev–Trinajstić information content (AvgIpc) is 2.84. The second kappa shape index (κ2) is 11.5. The van der Waals surface area contributed by atoms with Crippen LogP contribution in [0.3, 0.4) is 0 Å². The number of ether oxygens (including phenoxy) is 1. The van der Waals surface area contributed by atoms with Gasteiger partial charge in [0.1, 0.15) is 11.4 Å². The molecule has 0 aliphatic rings. The Morgan fingerprint density at radius 2 is 1.82 bits per heavy atom. The minimum absolute atomic E-state index is 0.146. The van der Waals surface area contributed by atoms with Gasteiger partial charge in [0.15, 0.2) is 0 Å². The zero-order chi connectivity index (χ0) is 24.5. The van der Waals surface area contributed by atoms with Crippen molar-refractivity contribution in [2.45, 2.75) is 0 Å². The summed E-state index contributed by atoms with van der Waals surface area (Å²) in [5, 5.41) is 17.6. The lowest BCUT2D eigenvalue weighted by Crippen LogP contribution is -2.32. The molecule has 0 fully saturated rings. The summed E-state index contributed by atoms with van der Waals surface area (Å²) in [7, 11) is 1.51. The molecule has 10 heteroatoms. The molecule has 0 heterocycles. The zero-order valence-corrected chi connectivity index (χ0v) is 19.5. The van der Waals surface area contributed by atoms with E-state index in [0.29, 0.717) is 22.4 Å². The number of hydrogen-bond donors (Lipinski definition) is 2. The van der Waals surface area contributed by atoms with Crippen molar-refractivity contribution >= 4 is 45.7 Å². The van der Waals surface area contributed by atoms with Crippen LogP contribution in [-0.2, 0) is 4.79 Å². The van der Waals surface area contributed by atoms with Crippen molar-refractivity contribution in [2.75, 3.05) is 7.11 Å². The molecule has 0 aliphatic heterocycles. The van der Waals surface area contributed by atoms with Gasteiger partial charge < -0.3 is 10.1 Å². The molecule has 3 rings (SSSR count). The molecule has 0 bridgehead atoms. The minimum Gasteiger partial charge on any atom is -0.496 e. The second-order valence-corrected chi connectivity index (χ2v) is 7.73. The number of amides is 2. The first kappa shape index (κ1) is 24.3. The van der Waals surface area contributed by atoms with E-state index in [1.165, 1.54) is 37.6 Å². The van der Waals surface area contributed by atoms with Gasteiger partial charge >= 0.3 is 0 Å². The number of nitrogens with one attached hydrogen (secondary N) is 2. The molecule has 0 radical (unpaired) electrons. The van der Waals surface area contributed by atoms with Crippen LogP contribution in [0.4, 0.5) is 5.69 Å². The zero-order valence-electron chi connectivity index (χ0n) is 17.9. The molecule has 0 unspecified atom stereocenters. The lowest BCUT2D eigenvalue weighted by Gasteiger charge is -2.09. The van der Waals surface area contributed by atoms with E-state index in [9.17, 15) is 19.7 Å². The predicted molar refractivity (Wildman–Crippen MR) is 131 cm³/mol. The van der Waals surface area contributed by atoms with Crippen LogP contribution in [-0.4, -0.2) is 30.1 Å². The van der Waals surface area contributed by atoms with E-state index >= 15 is 0 Å². The lowest BCUT2D eigenvalue weighted by atomic mass is 10.1. The Labute approximate surface area is 203 Å². The Balaban J connectivity index is 1.87. The van der Waals surface area contributed by atoms with Gasteiger partial charge in [-0.2, -0.15) is 5.10 Å². The Morgan fingerprint density at radius 3 is 2.53 bits per heavy atom. The number of non-ortho nitro benzene ring substituents is 1. The van der Waals surface area contributed by atoms with Crippen LogP contribution in [0.15, 0.2) is 88.1 Å². The summed E-state index contributed by atoms with van der Waals surface area (Å²) in [4.78, 5) is 36.0. The average molecular weight is 523 g/mol. The molecule has 0 spiro atoms. The maximum absolute atomic E-state index is 12.9. The van der Waals surface area contributed by atoms with Crippen molar-refractivity contribution in [2.24, 2.45) is 5.10 Å². The van der Waals surface area contributed by atoms with Crippen LogP contribution in [0.5, 0.6) is 5.75 Å². The van der Waals surface area contributed by atoms with Gasteiger partial charge in [0.25, 0.3) is 17.5 Å². The molecule has 0 aliphatic carbocycles. The highest BCUT2D eigenvalue weighted by molar-refractivity contribution is 9.10. The molecule has 34 heavy (non-hydrogen) atoms. The Kier molecular flexibility index (Phi) is 8.25. The van der Waals surface area contributed by atoms with Crippen LogP contribution in [0.25, 0.3) is 6.08 Å². The highest BCUT2D eigenvalue weighted by Crippen LogP contribution is 2.21. The number of nitro groups is 1. The third-order valence-corrected chi connectivity index (χ3v) is 4.98. The number of nitro benzene ring substituents is 1. The van der Waals surface area contributed by atoms with Crippen molar-refractivity contribution in [3.63, 3.8) is 0 Å². The highest BCUT2D eigenvalue weighted by Gasteiger charge is 2.15. The first-order valence-electron chi connectivity index (χ1n) is 9.87. The van der Waals surface area contributed by atoms with Gasteiger partial charge in [-0.3, -0.25) is 19.7 Å². The monoisotopic (exact) mass is 522 g/mol. The molecule has 3 aromatic carbocycles. The van der Waals surface area contributed by atoms with Gasteiger partial charge in [-0.15, -0.1) is 0 Å². The van der Waals surface area contributed by atoms with Crippen molar-refractivity contribution < 1.29 is 19.2 Å².